The van der Waals surface area contributed by atoms with Gasteiger partial charge in [0.05, 0.1) is 0 Å². The Morgan fingerprint density at radius 3 is 2.56 bits per heavy atom. The second-order valence-electron chi connectivity index (χ2n) is 2.42. The molecule has 0 aromatic heterocycles. The molecule has 0 radical (unpaired) electrons. The summed E-state index contributed by atoms with van der Waals surface area (Å²) in [7, 11) is 0. The van der Waals surface area contributed by atoms with Crippen LogP contribution in [0.2, 0.25) is 0 Å². The molecule has 0 unspecified atom stereocenters. The fraction of sp³-hybridized carbons (Fsp3) is 0.750. The minimum absolute atomic E-state index is 0.677. The summed E-state index contributed by atoms with van der Waals surface area (Å²) in [5.74, 6) is 6.83. The molecule has 1 rings (SSSR count). The lowest BCUT2D eigenvalue weighted by Gasteiger charge is -2.16. The Kier molecular flexibility index (Phi) is 2.60. The van der Waals surface area contributed by atoms with E-state index in [2.05, 4.69) is 17.2 Å². The molecule has 0 amide bonds. The molecule has 1 saturated heterocycles. The lowest BCUT2D eigenvalue weighted by molar-refractivity contribution is 0.447. The lowest BCUT2D eigenvalue weighted by Crippen LogP contribution is -2.26. The van der Waals surface area contributed by atoms with Crippen LogP contribution in [0, 0.1) is 17.8 Å². The van der Waals surface area contributed by atoms with Gasteiger partial charge in [-0.15, -0.1) is 11.8 Å². The summed E-state index contributed by atoms with van der Waals surface area (Å²) in [6, 6.07) is 0. The Morgan fingerprint density at radius 1 is 1.33 bits per heavy atom. The smallest absolute Gasteiger partial charge is 0.0226 e. The van der Waals surface area contributed by atoms with E-state index in [0.717, 1.165) is 13.1 Å². The SMILES string of the molecule is CC#CC1CCNCC1. The first-order valence-corrected chi connectivity index (χ1v) is 3.56. The summed E-state index contributed by atoms with van der Waals surface area (Å²) in [6.45, 7) is 4.22. The van der Waals surface area contributed by atoms with Gasteiger partial charge in [0, 0.05) is 5.92 Å². The van der Waals surface area contributed by atoms with Gasteiger partial charge in [-0.25, -0.2) is 0 Å². The topological polar surface area (TPSA) is 12.0 Å². The summed E-state index contributed by atoms with van der Waals surface area (Å²) in [4.78, 5) is 0. The van der Waals surface area contributed by atoms with Crippen molar-refractivity contribution in [2.45, 2.75) is 19.8 Å². The first kappa shape index (κ1) is 6.64. The maximum absolute atomic E-state index is 3.31. The Balaban J connectivity index is 2.28. The van der Waals surface area contributed by atoms with Crippen LogP contribution in [0.3, 0.4) is 0 Å². The van der Waals surface area contributed by atoms with E-state index in [4.69, 9.17) is 0 Å². The highest BCUT2D eigenvalue weighted by Crippen LogP contribution is 2.08. The summed E-state index contributed by atoms with van der Waals surface area (Å²) in [6.07, 6.45) is 2.47. The van der Waals surface area contributed by atoms with Gasteiger partial charge >= 0.3 is 0 Å². The third-order valence-electron chi connectivity index (χ3n) is 1.69. The molecule has 50 valence electrons. The highest BCUT2D eigenvalue weighted by atomic mass is 14.9. The number of piperidine rings is 1. The van der Waals surface area contributed by atoms with Crippen molar-refractivity contribution in [1.29, 1.82) is 0 Å². The van der Waals surface area contributed by atoms with Crippen molar-refractivity contribution in [3.8, 4) is 11.8 Å². The second kappa shape index (κ2) is 3.53. The van der Waals surface area contributed by atoms with Gasteiger partial charge in [0.2, 0.25) is 0 Å². The molecule has 1 aliphatic heterocycles. The second-order valence-corrected chi connectivity index (χ2v) is 2.42. The van der Waals surface area contributed by atoms with Crippen molar-refractivity contribution >= 4 is 0 Å². The van der Waals surface area contributed by atoms with Gasteiger partial charge in [0.25, 0.3) is 0 Å². The lowest BCUT2D eigenvalue weighted by atomic mass is 9.99. The van der Waals surface area contributed by atoms with Crippen LogP contribution in [-0.2, 0) is 0 Å². The van der Waals surface area contributed by atoms with E-state index in [0.29, 0.717) is 5.92 Å². The molecule has 1 heteroatoms. The van der Waals surface area contributed by atoms with Crippen LogP contribution in [0.15, 0.2) is 0 Å². The van der Waals surface area contributed by atoms with Crippen molar-refractivity contribution in [3.05, 3.63) is 0 Å². The summed E-state index contributed by atoms with van der Waals surface area (Å²) in [5, 5.41) is 3.31. The zero-order valence-electron chi connectivity index (χ0n) is 5.91. The van der Waals surface area contributed by atoms with Crippen molar-refractivity contribution < 1.29 is 0 Å². The molecule has 0 bridgehead atoms. The first-order chi connectivity index (χ1) is 4.43. The van der Waals surface area contributed by atoms with Crippen LogP contribution in [0.5, 0.6) is 0 Å². The Labute approximate surface area is 56.8 Å². The van der Waals surface area contributed by atoms with Gasteiger partial charge in [0.15, 0.2) is 0 Å². The molecule has 1 fully saturated rings. The maximum atomic E-state index is 3.31. The normalized spacial score (nSPS) is 20.6. The molecule has 0 aromatic carbocycles. The molecular formula is C8H13N. The third kappa shape index (κ3) is 2.07. The van der Waals surface area contributed by atoms with E-state index < -0.39 is 0 Å². The molecule has 0 aliphatic carbocycles. The predicted molar refractivity (Wildman–Crippen MR) is 39.0 cm³/mol. The van der Waals surface area contributed by atoms with E-state index in [9.17, 15) is 0 Å². The van der Waals surface area contributed by atoms with Crippen LogP contribution in [0.4, 0.5) is 0 Å². The number of nitrogens with one attached hydrogen (secondary N) is 1. The van der Waals surface area contributed by atoms with E-state index in [1.165, 1.54) is 12.8 Å². The van der Waals surface area contributed by atoms with Crippen LogP contribution in [-0.4, -0.2) is 13.1 Å². The molecule has 9 heavy (non-hydrogen) atoms. The molecule has 0 aromatic rings. The van der Waals surface area contributed by atoms with Crippen LogP contribution in [0.25, 0.3) is 0 Å². The van der Waals surface area contributed by atoms with Gasteiger partial charge < -0.3 is 5.32 Å². The highest BCUT2D eigenvalue weighted by Gasteiger charge is 2.08. The van der Waals surface area contributed by atoms with Gasteiger partial charge in [-0.05, 0) is 32.9 Å². The van der Waals surface area contributed by atoms with E-state index in [1.807, 2.05) is 6.92 Å². The summed E-state index contributed by atoms with van der Waals surface area (Å²) in [5.41, 5.74) is 0. The minimum atomic E-state index is 0.677. The first-order valence-electron chi connectivity index (χ1n) is 3.56. The quantitative estimate of drug-likeness (QED) is 0.474. The third-order valence-corrected chi connectivity index (χ3v) is 1.69. The molecule has 1 N–H and O–H groups in total. The van der Waals surface area contributed by atoms with Gasteiger partial charge in [-0.1, -0.05) is 0 Å². The average Bonchev–Trinajstić information content (AvgIpc) is 1.91. The zero-order valence-corrected chi connectivity index (χ0v) is 5.91. The predicted octanol–water partition coefficient (Wildman–Crippen LogP) is 1.01. The summed E-state index contributed by atoms with van der Waals surface area (Å²) < 4.78 is 0. The number of rotatable bonds is 0. The minimum Gasteiger partial charge on any atom is -0.317 e. The largest absolute Gasteiger partial charge is 0.317 e. The van der Waals surface area contributed by atoms with Crippen molar-refractivity contribution in [2.24, 2.45) is 5.92 Å². The Bertz CT molecular complexity index is 123. The van der Waals surface area contributed by atoms with Gasteiger partial charge in [-0.2, -0.15) is 0 Å². The molecule has 0 saturated carbocycles. The molecule has 1 aliphatic rings. The van der Waals surface area contributed by atoms with Crippen molar-refractivity contribution in [2.75, 3.05) is 13.1 Å². The monoisotopic (exact) mass is 123 g/mol. The zero-order chi connectivity index (χ0) is 6.53. The maximum Gasteiger partial charge on any atom is 0.0226 e. The number of hydrogen-bond donors (Lipinski definition) is 1. The fourth-order valence-electron chi connectivity index (χ4n) is 1.17. The summed E-state index contributed by atoms with van der Waals surface area (Å²) >= 11 is 0. The van der Waals surface area contributed by atoms with E-state index in [-0.39, 0.29) is 0 Å². The standard InChI is InChI=1S/C8H13N/c1-2-3-8-4-6-9-7-5-8/h8-9H,4-7H2,1H3. The van der Waals surface area contributed by atoms with Crippen molar-refractivity contribution in [3.63, 3.8) is 0 Å². The molecular weight excluding hydrogens is 110 g/mol. The molecule has 1 nitrogen and oxygen atoms in total. The van der Waals surface area contributed by atoms with E-state index >= 15 is 0 Å². The highest BCUT2D eigenvalue weighted by molar-refractivity contribution is 5.02. The Morgan fingerprint density at radius 2 is 2.00 bits per heavy atom. The fourth-order valence-corrected chi connectivity index (χ4v) is 1.17. The van der Waals surface area contributed by atoms with Gasteiger partial charge in [-0.3, -0.25) is 0 Å². The van der Waals surface area contributed by atoms with Gasteiger partial charge in [0.1, 0.15) is 0 Å². The Hall–Kier alpha value is -0.480. The molecule has 0 atom stereocenters. The molecule has 1 heterocycles. The van der Waals surface area contributed by atoms with E-state index in [1.54, 1.807) is 0 Å². The van der Waals surface area contributed by atoms with Crippen LogP contribution >= 0.6 is 0 Å². The number of hydrogen-bond acceptors (Lipinski definition) is 1. The van der Waals surface area contributed by atoms with Crippen LogP contribution < -0.4 is 5.32 Å². The molecule has 0 spiro atoms. The average molecular weight is 123 g/mol. The van der Waals surface area contributed by atoms with Crippen molar-refractivity contribution in [1.82, 2.24) is 5.32 Å². The van der Waals surface area contributed by atoms with Crippen LogP contribution in [0.1, 0.15) is 19.8 Å².